The molecule has 0 spiro atoms. The molecule has 0 atom stereocenters. The summed E-state index contributed by atoms with van der Waals surface area (Å²) in [5.74, 6) is 1.55. The summed E-state index contributed by atoms with van der Waals surface area (Å²) in [6, 6.07) is 7.61. The maximum atomic E-state index is 5.71. The molecule has 0 aromatic heterocycles. The number of aliphatic imine (C=N–C) groups is 1. The second-order valence-electron chi connectivity index (χ2n) is 5.20. The molecule has 0 fully saturated rings. The lowest BCUT2D eigenvalue weighted by molar-refractivity contribution is 0.304. The van der Waals surface area contributed by atoms with Crippen molar-refractivity contribution in [3.8, 4) is 5.75 Å². The molecule has 0 amide bonds. The first kappa shape index (κ1) is 17.8. The van der Waals surface area contributed by atoms with E-state index in [1.54, 1.807) is 0 Å². The smallest absolute Gasteiger partial charge is 0.119 e. The van der Waals surface area contributed by atoms with Crippen molar-refractivity contribution in [3.05, 3.63) is 24.3 Å². The number of hydrogen-bond acceptors (Lipinski definition) is 2. The van der Waals surface area contributed by atoms with Gasteiger partial charge in [-0.05, 0) is 30.7 Å². The van der Waals surface area contributed by atoms with Gasteiger partial charge >= 0.3 is 0 Å². The summed E-state index contributed by atoms with van der Waals surface area (Å²) in [7, 11) is 0. The van der Waals surface area contributed by atoms with E-state index in [2.05, 4.69) is 11.9 Å². The molecule has 0 saturated carbocycles. The Bertz CT molecular complexity index is 404. The summed E-state index contributed by atoms with van der Waals surface area (Å²) >= 11 is 5.59. The number of hydrogen-bond donors (Lipinski definition) is 1. The zero-order valence-electron chi connectivity index (χ0n) is 13.0. The Hall–Kier alpha value is -1.22. The van der Waals surface area contributed by atoms with Crippen molar-refractivity contribution in [2.75, 3.05) is 12.5 Å². The summed E-state index contributed by atoms with van der Waals surface area (Å²) in [4.78, 5) is 4.17. The number of ether oxygens (including phenoxy) is 1. The number of halogens is 1. The van der Waals surface area contributed by atoms with Crippen molar-refractivity contribution in [1.82, 2.24) is 0 Å². The highest BCUT2D eigenvalue weighted by atomic mass is 35.5. The molecule has 2 N–H and O–H groups in total. The van der Waals surface area contributed by atoms with Gasteiger partial charge in [-0.2, -0.15) is 0 Å². The maximum Gasteiger partial charge on any atom is 0.119 e. The molecule has 1 aromatic rings. The fourth-order valence-corrected chi connectivity index (χ4v) is 2.12. The van der Waals surface area contributed by atoms with Crippen LogP contribution in [0.2, 0.25) is 0 Å². The molecule has 0 aliphatic rings. The number of nitrogens with two attached hydrogens (primary N) is 1. The Balaban J connectivity index is 2.15. The molecular formula is C17H27ClN2O. The van der Waals surface area contributed by atoms with Crippen molar-refractivity contribution in [2.45, 2.75) is 51.9 Å². The molecule has 3 nitrogen and oxygen atoms in total. The van der Waals surface area contributed by atoms with Crippen LogP contribution in [0, 0.1) is 0 Å². The van der Waals surface area contributed by atoms with Crippen LogP contribution in [0.4, 0.5) is 5.69 Å². The second-order valence-corrected chi connectivity index (χ2v) is 5.47. The van der Waals surface area contributed by atoms with E-state index in [4.69, 9.17) is 22.1 Å². The molecule has 0 unspecified atom stereocenters. The fourth-order valence-electron chi connectivity index (χ4n) is 2.06. The van der Waals surface area contributed by atoms with Crippen molar-refractivity contribution < 1.29 is 4.74 Å². The minimum Gasteiger partial charge on any atom is -0.494 e. The lowest BCUT2D eigenvalue weighted by Crippen LogP contribution is -2.12. The highest BCUT2D eigenvalue weighted by Gasteiger charge is 1.96. The van der Waals surface area contributed by atoms with Gasteiger partial charge in [0.15, 0.2) is 0 Å². The van der Waals surface area contributed by atoms with Gasteiger partial charge in [0.25, 0.3) is 0 Å². The SMILES string of the molecule is CCCCCCCCCOc1ccc(N=C(N)CCl)cc1. The van der Waals surface area contributed by atoms with E-state index in [0.717, 1.165) is 24.5 Å². The lowest BCUT2D eigenvalue weighted by Gasteiger charge is -2.06. The predicted molar refractivity (Wildman–Crippen MR) is 91.9 cm³/mol. The predicted octanol–water partition coefficient (Wildman–Crippen LogP) is 5.04. The summed E-state index contributed by atoms with van der Waals surface area (Å²) < 4.78 is 5.71. The van der Waals surface area contributed by atoms with Crippen LogP contribution in [0.15, 0.2) is 29.3 Å². The largest absolute Gasteiger partial charge is 0.494 e. The van der Waals surface area contributed by atoms with Gasteiger partial charge in [-0.15, -0.1) is 11.6 Å². The van der Waals surface area contributed by atoms with Gasteiger partial charge in [-0.3, -0.25) is 0 Å². The molecule has 0 aliphatic carbocycles. The Labute approximate surface area is 133 Å². The molecule has 4 heteroatoms. The van der Waals surface area contributed by atoms with Crippen LogP contribution in [0.25, 0.3) is 0 Å². The van der Waals surface area contributed by atoms with Crippen molar-refractivity contribution in [1.29, 1.82) is 0 Å². The third-order valence-electron chi connectivity index (χ3n) is 3.26. The second kappa shape index (κ2) is 11.4. The van der Waals surface area contributed by atoms with E-state index in [0.29, 0.717) is 5.84 Å². The van der Waals surface area contributed by atoms with Crippen molar-refractivity contribution in [2.24, 2.45) is 10.7 Å². The maximum absolute atomic E-state index is 5.71. The topological polar surface area (TPSA) is 47.6 Å². The number of amidine groups is 1. The normalized spacial score (nSPS) is 11.6. The van der Waals surface area contributed by atoms with Crippen LogP contribution in [-0.4, -0.2) is 18.3 Å². The van der Waals surface area contributed by atoms with Gasteiger partial charge in [0, 0.05) is 0 Å². The Morgan fingerprint density at radius 3 is 2.29 bits per heavy atom. The average Bonchev–Trinajstić information content (AvgIpc) is 2.51. The highest BCUT2D eigenvalue weighted by molar-refractivity contribution is 6.28. The Kier molecular flexibility index (Phi) is 9.71. The molecule has 0 aliphatic heterocycles. The quantitative estimate of drug-likeness (QED) is 0.269. The summed E-state index contributed by atoms with van der Waals surface area (Å²) in [6.45, 7) is 3.02. The van der Waals surface area contributed by atoms with Gasteiger partial charge in [-0.25, -0.2) is 4.99 Å². The fraction of sp³-hybridized carbons (Fsp3) is 0.588. The average molecular weight is 311 g/mol. The van der Waals surface area contributed by atoms with E-state index in [1.165, 1.54) is 38.5 Å². The number of benzene rings is 1. The van der Waals surface area contributed by atoms with Crippen LogP contribution < -0.4 is 10.5 Å². The van der Waals surface area contributed by atoms with Crippen molar-refractivity contribution in [3.63, 3.8) is 0 Å². The van der Waals surface area contributed by atoms with Crippen LogP contribution >= 0.6 is 11.6 Å². The Morgan fingerprint density at radius 2 is 1.67 bits per heavy atom. The van der Waals surface area contributed by atoms with E-state index in [-0.39, 0.29) is 5.88 Å². The van der Waals surface area contributed by atoms with E-state index < -0.39 is 0 Å². The standard InChI is InChI=1S/C17H27ClN2O/c1-2-3-4-5-6-7-8-13-21-16-11-9-15(10-12-16)20-17(19)14-18/h9-12H,2-8,13-14H2,1H3,(H2,19,20). The first-order valence-corrected chi connectivity index (χ1v) is 8.41. The molecule has 118 valence electrons. The third kappa shape index (κ3) is 8.61. The summed E-state index contributed by atoms with van der Waals surface area (Å²) in [6.07, 6.45) is 9.06. The van der Waals surface area contributed by atoms with E-state index in [1.807, 2.05) is 24.3 Å². The summed E-state index contributed by atoms with van der Waals surface area (Å²) in [5.41, 5.74) is 6.39. The van der Waals surface area contributed by atoms with Crippen LogP contribution in [0.3, 0.4) is 0 Å². The van der Waals surface area contributed by atoms with E-state index in [9.17, 15) is 0 Å². The molecule has 0 heterocycles. The molecule has 0 radical (unpaired) electrons. The third-order valence-corrected chi connectivity index (χ3v) is 3.54. The van der Waals surface area contributed by atoms with Gasteiger partial charge in [0.1, 0.15) is 11.6 Å². The molecule has 0 bridgehead atoms. The summed E-state index contributed by atoms with van der Waals surface area (Å²) in [5, 5.41) is 0. The first-order valence-electron chi connectivity index (χ1n) is 7.88. The molecule has 0 saturated heterocycles. The minimum absolute atomic E-state index is 0.247. The molecule has 21 heavy (non-hydrogen) atoms. The van der Waals surface area contributed by atoms with Crippen LogP contribution in [0.1, 0.15) is 51.9 Å². The van der Waals surface area contributed by atoms with Gasteiger partial charge in [0.05, 0.1) is 18.2 Å². The lowest BCUT2D eigenvalue weighted by atomic mass is 10.1. The van der Waals surface area contributed by atoms with Crippen LogP contribution in [-0.2, 0) is 0 Å². The molecular weight excluding hydrogens is 284 g/mol. The van der Waals surface area contributed by atoms with Gasteiger partial charge < -0.3 is 10.5 Å². The molecule has 1 aromatic carbocycles. The first-order chi connectivity index (χ1) is 10.3. The van der Waals surface area contributed by atoms with Gasteiger partial charge in [-0.1, -0.05) is 45.4 Å². The zero-order chi connectivity index (χ0) is 15.3. The number of alkyl halides is 1. The highest BCUT2D eigenvalue weighted by Crippen LogP contribution is 2.18. The van der Waals surface area contributed by atoms with Crippen LogP contribution in [0.5, 0.6) is 5.75 Å². The number of rotatable bonds is 11. The Morgan fingerprint density at radius 1 is 1.05 bits per heavy atom. The monoisotopic (exact) mass is 310 g/mol. The molecule has 1 rings (SSSR count). The van der Waals surface area contributed by atoms with E-state index >= 15 is 0 Å². The van der Waals surface area contributed by atoms with Gasteiger partial charge in [0.2, 0.25) is 0 Å². The number of unbranched alkanes of at least 4 members (excludes halogenated alkanes) is 6. The number of nitrogens with zero attached hydrogens (tertiary/aromatic N) is 1. The minimum atomic E-state index is 0.247. The zero-order valence-corrected chi connectivity index (χ0v) is 13.7. The van der Waals surface area contributed by atoms with Crippen molar-refractivity contribution >= 4 is 23.1 Å².